The van der Waals surface area contributed by atoms with Crippen LogP contribution < -0.4 is 10.6 Å². The van der Waals surface area contributed by atoms with Gasteiger partial charge in [-0.3, -0.25) is 4.99 Å². The zero-order valence-electron chi connectivity index (χ0n) is 12.8. The highest BCUT2D eigenvalue weighted by Crippen LogP contribution is 2.52. The van der Waals surface area contributed by atoms with Gasteiger partial charge in [0.05, 0.1) is 6.10 Å². The normalized spacial score (nSPS) is 39.9. The van der Waals surface area contributed by atoms with Gasteiger partial charge in [-0.15, -0.1) is 0 Å². The second-order valence-electron chi connectivity index (χ2n) is 6.82. The fraction of sp³-hybridized carbons (Fsp3) is 0.933. The summed E-state index contributed by atoms with van der Waals surface area (Å²) < 4.78 is 5.86. The molecule has 0 aromatic carbocycles. The topological polar surface area (TPSA) is 45.7 Å². The molecule has 4 nitrogen and oxygen atoms in total. The van der Waals surface area contributed by atoms with Crippen molar-refractivity contribution in [3.63, 3.8) is 0 Å². The highest BCUT2D eigenvalue weighted by atomic mass is 32.2. The Hall–Kier alpha value is -0.420. The van der Waals surface area contributed by atoms with Crippen LogP contribution in [-0.2, 0) is 4.74 Å². The Morgan fingerprint density at radius 1 is 1.30 bits per heavy atom. The molecule has 20 heavy (non-hydrogen) atoms. The van der Waals surface area contributed by atoms with Gasteiger partial charge < -0.3 is 15.4 Å². The van der Waals surface area contributed by atoms with Crippen molar-refractivity contribution < 1.29 is 4.74 Å². The molecule has 4 unspecified atom stereocenters. The van der Waals surface area contributed by atoms with Gasteiger partial charge in [-0.1, -0.05) is 13.8 Å². The number of nitrogens with one attached hydrogen (secondary N) is 2. The molecule has 3 aliphatic rings. The molecule has 0 aromatic rings. The lowest BCUT2D eigenvalue weighted by Crippen LogP contribution is -2.68. The molecule has 5 heteroatoms. The molecule has 0 aromatic heterocycles. The summed E-state index contributed by atoms with van der Waals surface area (Å²) in [5, 5.41) is 7.26. The maximum absolute atomic E-state index is 5.86. The number of thioether (sulfide) groups is 1. The van der Waals surface area contributed by atoms with E-state index < -0.39 is 0 Å². The number of aliphatic imine (C=N–C) groups is 1. The third-order valence-electron chi connectivity index (χ3n) is 5.12. The van der Waals surface area contributed by atoms with Crippen LogP contribution in [-0.4, -0.2) is 49.3 Å². The minimum Gasteiger partial charge on any atom is -0.377 e. The smallest absolute Gasteiger partial charge is 0.191 e. The van der Waals surface area contributed by atoms with Crippen LogP contribution in [0.4, 0.5) is 0 Å². The number of nitrogens with zero attached hydrogens (tertiary/aromatic N) is 1. The number of hydrogen-bond acceptors (Lipinski definition) is 3. The standard InChI is InChI=1S/C15H27N3OS/c1-15(2)12(11-6-7-19-13(11)15)18-14(16-3)17-10-5-4-8-20-9-10/h10-13H,4-9H2,1-3H3,(H2,16,17,18). The summed E-state index contributed by atoms with van der Waals surface area (Å²) in [7, 11) is 1.87. The monoisotopic (exact) mass is 297 g/mol. The van der Waals surface area contributed by atoms with E-state index in [2.05, 4.69) is 29.5 Å². The summed E-state index contributed by atoms with van der Waals surface area (Å²) >= 11 is 2.04. The van der Waals surface area contributed by atoms with E-state index in [1.54, 1.807) is 0 Å². The van der Waals surface area contributed by atoms with Crippen LogP contribution in [0.1, 0.15) is 33.1 Å². The highest BCUT2D eigenvalue weighted by molar-refractivity contribution is 7.99. The second kappa shape index (κ2) is 5.76. The molecule has 0 amide bonds. The summed E-state index contributed by atoms with van der Waals surface area (Å²) in [6, 6.07) is 1.05. The molecule has 2 heterocycles. The Bertz CT molecular complexity index is 379. The number of guanidine groups is 1. The van der Waals surface area contributed by atoms with Crippen molar-refractivity contribution in [3.05, 3.63) is 0 Å². The number of fused-ring (bicyclic) bond motifs is 1. The van der Waals surface area contributed by atoms with Gasteiger partial charge in [-0.05, 0) is 25.0 Å². The predicted molar refractivity (Wildman–Crippen MR) is 85.4 cm³/mol. The first-order valence-corrected chi connectivity index (χ1v) is 8.97. The average Bonchev–Trinajstić information content (AvgIpc) is 2.91. The Morgan fingerprint density at radius 2 is 2.15 bits per heavy atom. The first kappa shape index (κ1) is 14.5. The Balaban J connectivity index is 1.58. The van der Waals surface area contributed by atoms with Crippen molar-refractivity contribution in [2.45, 2.75) is 51.3 Å². The van der Waals surface area contributed by atoms with Gasteiger partial charge in [0, 0.05) is 42.8 Å². The van der Waals surface area contributed by atoms with Crippen molar-refractivity contribution in [2.24, 2.45) is 16.3 Å². The van der Waals surface area contributed by atoms with E-state index >= 15 is 0 Å². The lowest BCUT2D eigenvalue weighted by atomic mass is 9.57. The summed E-state index contributed by atoms with van der Waals surface area (Å²) in [6.07, 6.45) is 4.19. The number of hydrogen-bond donors (Lipinski definition) is 2. The van der Waals surface area contributed by atoms with Gasteiger partial charge in [0.1, 0.15) is 0 Å². The lowest BCUT2D eigenvalue weighted by molar-refractivity contribution is -0.106. The molecule has 4 atom stereocenters. The molecule has 2 saturated heterocycles. The van der Waals surface area contributed by atoms with Crippen molar-refractivity contribution in [1.82, 2.24) is 10.6 Å². The van der Waals surface area contributed by atoms with Crippen LogP contribution in [0, 0.1) is 11.3 Å². The van der Waals surface area contributed by atoms with Crippen LogP contribution >= 0.6 is 11.8 Å². The zero-order chi connectivity index (χ0) is 14.2. The van der Waals surface area contributed by atoms with E-state index in [1.807, 2.05) is 18.8 Å². The van der Waals surface area contributed by atoms with E-state index in [-0.39, 0.29) is 5.41 Å². The summed E-state index contributed by atoms with van der Waals surface area (Å²) in [4.78, 5) is 4.43. The maximum Gasteiger partial charge on any atom is 0.191 e. The first-order chi connectivity index (χ1) is 9.63. The first-order valence-electron chi connectivity index (χ1n) is 7.82. The highest BCUT2D eigenvalue weighted by Gasteiger charge is 2.59. The van der Waals surface area contributed by atoms with Crippen molar-refractivity contribution in [1.29, 1.82) is 0 Å². The van der Waals surface area contributed by atoms with Crippen LogP contribution in [0.5, 0.6) is 0 Å². The van der Waals surface area contributed by atoms with Gasteiger partial charge >= 0.3 is 0 Å². The van der Waals surface area contributed by atoms with Gasteiger partial charge in [-0.25, -0.2) is 0 Å². The third kappa shape index (κ3) is 2.54. The fourth-order valence-electron chi connectivity index (χ4n) is 3.98. The fourth-order valence-corrected chi connectivity index (χ4v) is 5.06. The Kier molecular flexibility index (Phi) is 4.18. The molecule has 3 fully saturated rings. The zero-order valence-corrected chi connectivity index (χ0v) is 13.6. The summed E-state index contributed by atoms with van der Waals surface area (Å²) in [5.41, 5.74) is 0.208. The van der Waals surface area contributed by atoms with E-state index in [9.17, 15) is 0 Å². The SMILES string of the molecule is CN=C(NC1CCCSC1)NC1C2CCOC2C1(C)C. The van der Waals surface area contributed by atoms with Gasteiger partial charge in [-0.2, -0.15) is 11.8 Å². The van der Waals surface area contributed by atoms with Gasteiger partial charge in [0.15, 0.2) is 5.96 Å². The minimum absolute atomic E-state index is 0.208. The molecular weight excluding hydrogens is 270 g/mol. The molecule has 3 rings (SSSR count). The quantitative estimate of drug-likeness (QED) is 0.603. The van der Waals surface area contributed by atoms with Crippen LogP contribution in [0.15, 0.2) is 4.99 Å². The maximum atomic E-state index is 5.86. The molecule has 0 spiro atoms. The predicted octanol–water partition coefficient (Wildman–Crippen LogP) is 1.86. The number of rotatable bonds is 2. The molecule has 0 bridgehead atoms. The lowest BCUT2D eigenvalue weighted by Gasteiger charge is -2.55. The van der Waals surface area contributed by atoms with Crippen LogP contribution in [0.25, 0.3) is 0 Å². The minimum atomic E-state index is 0.208. The number of ether oxygens (including phenoxy) is 1. The Morgan fingerprint density at radius 3 is 2.85 bits per heavy atom. The molecule has 2 aliphatic heterocycles. The summed E-state index contributed by atoms with van der Waals surface area (Å²) in [6.45, 7) is 5.53. The largest absolute Gasteiger partial charge is 0.377 e. The van der Waals surface area contributed by atoms with Crippen molar-refractivity contribution >= 4 is 17.7 Å². The molecule has 114 valence electrons. The van der Waals surface area contributed by atoms with Gasteiger partial charge in [0.2, 0.25) is 0 Å². The molecule has 0 radical (unpaired) electrons. The van der Waals surface area contributed by atoms with E-state index in [4.69, 9.17) is 4.74 Å². The Labute approximate surface area is 126 Å². The van der Waals surface area contributed by atoms with E-state index in [0.29, 0.717) is 24.1 Å². The van der Waals surface area contributed by atoms with Crippen LogP contribution in [0.2, 0.25) is 0 Å². The second-order valence-corrected chi connectivity index (χ2v) is 7.97. The van der Waals surface area contributed by atoms with Crippen molar-refractivity contribution in [2.75, 3.05) is 25.2 Å². The van der Waals surface area contributed by atoms with Crippen molar-refractivity contribution in [3.8, 4) is 0 Å². The third-order valence-corrected chi connectivity index (χ3v) is 6.33. The van der Waals surface area contributed by atoms with E-state index in [0.717, 1.165) is 12.6 Å². The molecular formula is C15H27N3OS. The molecule has 1 saturated carbocycles. The summed E-state index contributed by atoms with van der Waals surface area (Å²) in [5.74, 6) is 4.13. The van der Waals surface area contributed by atoms with Crippen LogP contribution in [0.3, 0.4) is 0 Å². The van der Waals surface area contributed by atoms with E-state index in [1.165, 1.54) is 30.8 Å². The molecule has 2 N–H and O–H groups in total. The van der Waals surface area contributed by atoms with Gasteiger partial charge in [0.25, 0.3) is 0 Å². The molecule has 1 aliphatic carbocycles. The average molecular weight is 297 g/mol.